The van der Waals surface area contributed by atoms with Crippen LogP contribution in [0.25, 0.3) is 0 Å². The molecule has 1 N–H and O–H groups in total. The molecule has 2 aromatic heterocycles. The van der Waals surface area contributed by atoms with Gasteiger partial charge in [0, 0.05) is 36.1 Å². The fourth-order valence-corrected chi connectivity index (χ4v) is 3.32. The molecule has 1 aliphatic rings. The van der Waals surface area contributed by atoms with E-state index in [1.165, 1.54) is 30.7 Å². The molecule has 106 valence electrons. The SMILES string of the molecule is CC1CCCCN1Cc1cnc(Nc2ncccn2)s1. The van der Waals surface area contributed by atoms with E-state index < -0.39 is 0 Å². The van der Waals surface area contributed by atoms with Crippen LogP contribution in [0, 0.1) is 0 Å². The minimum Gasteiger partial charge on any atom is -0.300 e. The van der Waals surface area contributed by atoms with Crippen molar-refractivity contribution in [2.24, 2.45) is 0 Å². The predicted molar refractivity (Wildman–Crippen MR) is 81.2 cm³/mol. The van der Waals surface area contributed by atoms with Crippen LogP contribution in [0.15, 0.2) is 24.7 Å². The lowest BCUT2D eigenvalue weighted by Crippen LogP contribution is -2.36. The quantitative estimate of drug-likeness (QED) is 0.937. The summed E-state index contributed by atoms with van der Waals surface area (Å²) in [7, 11) is 0. The molecule has 20 heavy (non-hydrogen) atoms. The van der Waals surface area contributed by atoms with Crippen molar-refractivity contribution in [3.8, 4) is 0 Å². The summed E-state index contributed by atoms with van der Waals surface area (Å²) in [6, 6.07) is 2.48. The van der Waals surface area contributed by atoms with Gasteiger partial charge in [-0.3, -0.25) is 4.90 Å². The highest BCUT2D eigenvalue weighted by molar-refractivity contribution is 7.15. The molecule has 3 rings (SSSR count). The van der Waals surface area contributed by atoms with Crippen LogP contribution in [-0.2, 0) is 6.54 Å². The Balaban J connectivity index is 1.62. The van der Waals surface area contributed by atoms with Gasteiger partial charge in [-0.1, -0.05) is 6.42 Å². The van der Waals surface area contributed by atoms with Crippen LogP contribution in [0.4, 0.5) is 11.1 Å². The Morgan fingerprint density at radius 1 is 1.30 bits per heavy atom. The monoisotopic (exact) mass is 289 g/mol. The number of rotatable bonds is 4. The van der Waals surface area contributed by atoms with Crippen molar-refractivity contribution in [2.75, 3.05) is 11.9 Å². The van der Waals surface area contributed by atoms with E-state index in [0.717, 1.165) is 11.7 Å². The van der Waals surface area contributed by atoms with Crippen molar-refractivity contribution in [1.82, 2.24) is 19.9 Å². The summed E-state index contributed by atoms with van der Waals surface area (Å²) >= 11 is 1.68. The average molecular weight is 289 g/mol. The second-order valence-corrected chi connectivity index (χ2v) is 6.26. The molecule has 2 aromatic rings. The topological polar surface area (TPSA) is 53.9 Å². The van der Waals surface area contributed by atoms with E-state index in [9.17, 15) is 0 Å². The summed E-state index contributed by atoms with van der Waals surface area (Å²) in [5.74, 6) is 0.597. The highest BCUT2D eigenvalue weighted by Gasteiger charge is 2.19. The number of hydrogen-bond acceptors (Lipinski definition) is 6. The van der Waals surface area contributed by atoms with E-state index in [4.69, 9.17) is 0 Å². The molecule has 1 saturated heterocycles. The molecule has 0 spiro atoms. The lowest BCUT2D eigenvalue weighted by molar-refractivity contribution is 0.154. The van der Waals surface area contributed by atoms with Crippen LogP contribution in [0.1, 0.15) is 31.1 Å². The maximum absolute atomic E-state index is 4.40. The lowest BCUT2D eigenvalue weighted by atomic mass is 10.0. The fourth-order valence-electron chi connectivity index (χ4n) is 2.49. The van der Waals surface area contributed by atoms with E-state index in [0.29, 0.717) is 12.0 Å². The van der Waals surface area contributed by atoms with Gasteiger partial charge < -0.3 is 5.32 Å². The van der Waals surface area contributed by atoms with Gasteiger partial charge in [-0.25, -0.2) is 15.0 Å². The van der Waals surface area contributed by atoms with Crippen LogP contribution in [0.2, 0.25) is 0 Å². The number of piperidine rings is 1. The normalized spacial score (nSPS) is 19.9. The summed E-state index contributed by atoms with van der Waals surface area (Å²) in [4.78, 5) is 16.5. The van der Waals surface area contributed by atoms with Gasteiger partial charge in [0.25, 0.3) is 0 Å². The van der Waals surface area contributed by atoms with Gasteiger partial charge >= 0.3 is 0 Å². The van der Waals surface area contributed by atoms with E-state index in [2.05, 4.69) is 32.1 Å². The van der Waals surface area contributed by atoms with E-state index in [1.54, 1.807) is 29.8 Å². The molecule has 1 aliphatic heterocycles. The van der Waals surface area contributed by atoms with E-state index in [-0.39, 0.29) is 0 Å². The summed E-state index contributed by atoms with van der Waals surface area (Å²) in [6.45, 7) is 4.51. The molecule has 6 heteroatoms. The highest BCUT2D eigenvalue weighted by Crippen LogP contribution is 2.25. The summed E-state index contributed by atoms with van der Waals surface area (Å²) in [5.41, 5.74) is 0. The Bertz CT molecular complexity index is 542. The zero-order valence-electron chi connectivity index (χ0n) is 11.6. The third-order valence-electron chi connectivity index (χ3n) is 3.64. The smallest absolute Gasteiger partial charge is 0.228 e. The Morgan fingerprint density at radius 2 is 2.15 bits per heavy atom. The molecule has 1 unspecified atom stereocenters. The van der Waals surface area contributed by atoms with Crippen molar-refractivity contribution in [3.63, 3.8) is 0 Å². The Hall–Kier alpha value is -1.53. The van der Waals surface area contributed by atoms with E-state index in [1.807, 2.05) is 6.20 Å². The maximum Gasteiger partial charge on any atom is 0.228 e. The minimum atomic E-state index is 0.597. The van der Waals surface area contributed by atoms with Crippen molar-refractivity contribution in [2.45, 2.75) is 38.8 Å². The lowest BCUT2D eigenvalue weighted by Gasteiger charge is -2.32. The second kappa shape index (κ2) is 6.28. The van der Waals surface area contributed by atoms with E-state index >= 15 is 0 Å². The molecular weight excluding hydrogens is 270 g/mol. The fraction of sp³-hybridized carbons (Fsp3) is 0.500. The van der Waals surface area contributed by atoms with Crippen LogP contribution in [0.3, 0.4) is 0 Å². The summed E-state index contributed by atoms with van der Waals surface area (Å²) < 4.78 is 0. The maximum atomic E-state index is 4.40. The number of nitrogens with zero attached hydrogens (tertiary/aromatic N) is 4. The number of likely N-dealkylation sites (tertiary alicyclic amines) is 1. The number of nitrogens with one attached hydrogen (secondary N) is 1. The number of hydrogen-bond donors (Lipinski definition) is 1. The molecule has 0 bridgehead atoms. The molecule has 0 aromatic carbocycles. The summed E-state index contributed by atoms with van der Waals surface area (Å²) in [6.07, 6.45) is 9.38. The van der Waals surface area contributed by atoms with Gasteiger partial charge in [0.05, 0.1) is 0 Å². The van der Waals surface area contributed by atoms with Crippen LogP contribution < -0.4 is 5.32 Å². The number of anilines is 2. The van der Waals surface area contributed by atoms with Crippen molar-refractivity contribution in [3.05, 3.63) is 29.5 Å². The van der Waals surface area contributed by atoms with Gasteiger partial charge in [0.2, 0.25) is 5.95 Å². The minimum absolute atomic E-state index is 0.597. The molecular formula is C14H19N5S. The Labute approximate surface area is 123 Å². The molecule has 0 radical (unpaired) electrons. The molecule has 0 saturated carbocycles. The first-order chi connectivity index (χ1) is 9.81. The number of aromatic nitrogens is 3. The average Bonchev–Trinajstić information content (AvgIpc) is 2.90. The second-order valence-electron chi connectivity index (χ2n) is 5.14. The number of thiazole rings is 1. The molecule has 1 fully saturated rings. The van der Waals surface area contributed by atoms with Gasteiger partial charge in [0.15, 0.2) is 5.13 Å². The summed E-state index contributed by atoms with van der Waals surface area (Å²) in [5, 5.41) is 4.00. The molecule has 5 nitrogen and oxygen atoms in total. The van der Waals surface area contributed by atoms with Crippen LogP contribution in [0.5, 0.6) is 0 Å². The van der Waals surface area contributed by atoms with Crippen LogP contribution >= 0.6 is 11.3 Å². The standard InChI is InChI=1S/C14H19N5S/c1-11-5-2-3-8-19(11)10-12-9-17-14(20-12)18-13-15-6-4-7-16-13/h4,6-7,9,11H,2-3,5,8,10H2,1H3,(H,15,16,17,18). The van der Waals surface area contributed by atoms with Gasteiger partial charge in [-0.05, 0) is 32.4 Å². The van der Waals surface area contributed by atoms with Crippen molar-refractivity contribution < 1.29 is 0 Å². The molecule has 0 aliphatic carbocycles. The molecule has 0 amide bonds. The first kappa shape index (κ1) is 13.5. The van der Waals surface area contributed by atoms with Gasteiger partial charge in [-0.2, -0.15) is 0 Å². The zero-order valence-corrected chi connectivity index (χ0v) is 12.4. The van der Waals surface area contributed by atoms with Crippen LogP contribution in [-0.4, -0.2) is 32.4 Å². The largest absolute Gasteiger partial charge is 0.300 e. The molecule has 3 heterocycles. The first-order valence-corrected chi connectivity index (χ1v) is 7.86. The van der Waals surface area contributed by atoms with Gasteiger partial charge in [0.1, 0.15) is 0 Å². The zero-order chi connectivity index (χ0) is 13.8. The Morgan fingerprint density at radius 3 is 2.95 bits per heavy atom. The predicted octanol–water partition coefficient (Wildman–Crippen LogP) is 3.05. The molecule has 1 atom stereocenters. The third kappa shape index (κ3) is 3.32. The third-order valence-corrected chi connectivity index (χ3v) is 4.54. The van der Waals surface area contributed by atoms with Crippen molar-refractivity contribution >= 4 is 22.4 Å². The highest BCUT2D eigenvalue weighted by atomic mass is 32.1. The Kier molecular flexibility index (Phi) is 4.22. The first-order valence-electron chi connectivity index (χ1n) is 7.04. The van der Waals surface area contributed by atoms with Gasteiger partial charge in [-0.15, -0.1) is 11.3 Å². The van der Waals surface area contributed by atoms with Crippen molar-refractivity contribution in [1.29, 1.82) is 0 Å².